The standard InChI is InChI=1S/C22H16F4N6O/c1-12(23)21(33)31-10-16(11-31)32-20-17(14-8-28-29-9-14)6-7-27-19(20)18(30-32)13-2-4-15(5-3-13)22(24,25)26/h2-9,16H,1,10-11H2,(H,28,29). The number of aromatic amines is 1. The number of carbonyl (C=O) groups excluding carboxylic acids is 1. The van der Waals surface area contributed by atoms with Crippen LogP contribution in [0.5, 0.6) is 0 Å². The van der Waals surface area contributed by atoms with Gasteiger partial charge in [0, 0.05) is 42.2 Å². The number of halogens is 4. The number of fused-ring (bicyclic) bond motifs is 1. The van der Waals surface area contributed by atoms with Gasteiger partial charge in [0.2, 0.25) is 0 Å². The molecule has 4 heterocycles. The van der Waals surface area contributed by atoms with Crippen LogP contribution in [0.25, 0.3) is 33.4 Å². The number of pyridine rings is 1. The maximum absolute atomic E-state index is 13.2. The lowest BCUT2D eigenvalue weighted by Gasteiger charge is -2.39. The topological polar surface area (TPSA) is 79.7 Å². The van der Waals surface area contributed by atoms with E-state index < -0.39 is 23.5 Å². The molecule has 0 radical (unpaired) electrons. The number of hydrogen-bond acceptors (Lipinski definition) is 4. The summed E-state index contributed by atoms with van der Waals surface area (Å²) in [4.78, 5) is 17.6. The first-order valence-electron chi connectivity index (χ1n) is 9.91. The Morgan fingerprint density at radius 2 is 1.85 bits per heavy atom. The van der Waals surface area contributed by atoms with E-state index in [0.29, 0.717) is 22.3 Å². The van der Waals surface area contributed by atoms with Crippen molar-refractivity contribution in [2.75, 3.05) is 13.1 Å². The zero-order valence-electron chi connectivity index (χ0n) is 17.0. The molecule has 4 aromatic rings. The maximum Gasteiger partial charge on any atom is 0.416 e. The van der Waals surface area contributed by atoms with Gasteiger partial charge in [-0.3, -0.25) is 19.6 Å². The lowest BCUT2D eigenvalue weighted by atomic mass is 10.0. The fourth-order valence-electron chi connectivity index (χ4n) is 3.92. The van der Waals surface area contributed by atoms with Crippen LogP contribution in [0.4, 0.5) is 17.6 Å². The van der Waals surface area contributed by atoms with Crippen LogP contribution in [0.2, 0.25) is 0 Å². The Bertz CT molecular complexity index is 1350. The first kappa shape index (κ1) is 20.9. The fraction of sp³-hybridized carbons (Fsp3) is 0.182. The molecule has 168 valence electrons. The predicted molar refractivity (Wildman–Crippen MR) is 111 cm³/mol. The van der Waals surface area contributed by atoms with Crippen molar-refractivity contribution >= 4 is 16.9 Å². The Morgan fingerprint density at radius 3 is 2.45 bits per heavy atom. The van der Waals surface area contributed by atoms with Crippen molar-refractivity contribution < 1.29 is 22.4 Å². The Kier molecular flexibility index (Phi) is 4.76. The third-order valence-electron chi connectivity index (χ3n) is 5.61. The highest BCUT2D eigenvalue weighted by Gasteiger charge is 2.36. The normalized spacial score (nSPS) is 14.5. The monoisotopic (exact) mass is 456 g/mol. The molecule has 1 fully saturated rings. The summed E-state index contributed by atoms with van der Waals surface area (Å²) in [6, 6.07) is 6.21. The van der Waals surface area contributed by atoms with Gasteiger partial charge in [-0.2, -0.15) is 23.4 Å². The van der Waals surface area contributed by atoms with Crippen molar-refractivity contribution in [3.05, 3.63) is 66.9 Å². The van der Waals surface area contributed by atoms with Gasteiger partial charge < -0.3 is 4.90 Å². The molecule has 1 amide bonds. The Hall–Kier alpha value is -4.02. The van der Waals surface area contributed by atoms with Crippen molar-refractivity contribution in [1.82, 2.24) is 29.9 Å². The minimum Gasteiger partial charge on any atom is -0.332 e. The van der Waals surface area contributed by atoms with Crippen LogP contribution in [0, 0.1) is 0 Å². The van der Waals surface area contributed by atoms with Crippen molar-refractivity contribution in [3.63, 3.8) is 0 Å². The molecule has 1 saturated heterocycles. The van der Waals surface area contributed by atoms with Crippen LogP contribution in [0.3, 0.4) is 0 Å². The number of likely N-dealkylation sites (tertiary alicyclic amines) is 1. The second kappa shape index (κ2) is 7.54. The van der Waals surface area contributed by atoms with Crippen molar-refractivity contribution in [2.24, 2.45) is 0 Å². The third kappa shape index (κ3) is 3.55. The summed E-state index contributed by atoms with van der Waals surface area (Å²) in [6.45, 7) is 3.47. The summed E-state index contributed by atoms with van der Waals surface area (Å²) in [5.74, 6) is -1.82. The van der Waals surface area contributed by atoms with E-state index in [0.717, 1.165) is 23.3 Å². The predicted octanol–water partition coefficient (Wildman–Crippen LogP) is 4.37. The minimum atomic E-state index is -4.45. The number of hydrogen-bond donors (Lipinski definition) is 1. The molecule has 5 rings (SSSR count). The number of aromatic nitrogens is 5. The average molecular weight is 456 g/mol. The lowest BCUT2D eigenvalue weighted by molar-refractivity contribution is -0.137. The van der Waals surface area contributed by atoms with Gasteiger partial charge in [-0.05, 0) is 18.2 Å². The Balaban J connectivity index is 1.62. The summed E-state index contributed by atoms with van der Waals surface area (Å²) in [6.07, 6.45) is 0.476. The number of benzene rings is 1. The molecule has 1 aromatic carbocycles. The molecule has 0 saturated carbocycles. The van der Waals surface area contributed by atoms with Crippen LogP contribution in [0.1, 0.15) is 11.6 Å². The maximum atomic E-state index is 13.2. The molecule has 33 heavy (non-hydrogen) atoms. The second-order valence-corrected chi connectivity index (χ2v) is 7.68. The average Bonchev–Trinajstić information content (AvgIpc) is 3.41. The molecular weight excluding hydrogens is 440 g/mol. The first-order chi connectivity index (χ1) is 15.7. The SMILES string of the molecule is C=C(F)C(=O)N1CC(n2nc(-c3ccc(C(F)(F)F)cc3)c3nccc(-c4cn[nH]c4)c32)C1. The van der Waals surface area contributed by atoms with Gasteiger partial charge in [-0.25, -0.2) is 4.39 Å². The molecule has 0 atom stereocenters. The molecule has 3 aromatic heterocycles. The Morgan fingerprint density at radius 1 is 1.12 bits per heavy atom. The highest BCUT2D eigenvalue weighted by molar-refractivity contribution is 5.99. The molecule has 7 nitrogen and oxygen atoms in total. The van der Waals surface area contributed by atoms with Crippen LogP contribution in [-0.2, 0) is 11.0 Å². The summed E-state index contributed by atoms with van der Waals surface area (Å²) < 4.78 is 53.9. The van der Waals surface area contributed by atoms with E-state index in [4.69, 9.17) is 0 Å². The summed E-state index contributed by atoms with van der Waals surface area (Å²) >= 11 is 0. The molecule has 0 aliphatic carbocycles. The van der Waals surface area contributed by atoms with E-state index in [2.05, 4.69) is 26.9 Å². The molecule has 0 bridgehead atoms. The second-order valence-electron chi connectivity index (χ2n) is 7.68. The summed E-state index contributed by atoms with van der Waals surface area (Å²) in [7, 11) is 0. The van der Waals surface area contributed by atoms with Gasteiger partial charge in [0.15, 0.2) is 5.83 Å². The summed E-state index contributed by atoms with van der Waals surface area (Å²) in [5, 5.41) is 11.4. The van der Waals surface area contributed by atoms with E-state index in [9.17, 15) is 22.4 Å². The highest BCUT2D eigenvalue weighted by atomic mass is 19.4. The Labute approximate surface area is 184 Å². The number of alkyl halides is 3. The zero-order chi connectivity index (χ0) is 23.3. The van der Waals surface area contributed by atoms with Crippen molar-refractivity contribution in [2.45, 2.75) is 12.2 Å². The molecule has 1 aliphatic rings. The van der Waals surface area contributed by atoms with E-state index in [1.54, 1.807) is 29.3 Å². The fourth-order valence-corrected chi connectivity index (χ4v) is 3.92. The lowest BCUT2D eigenvalue weighted by Crippen LogP contribution is -2.51. The van der Waals surface area contributed by atoms with E-state index in [1.807, 2.05) is 0 Å². The largest absolute Gasteiger partial charge is 0.416 e. The van der Waals surface area contributed by atoms with Gasteiger partial charge in [-0.15, -0.1) is 0 Å². The number of rotatable bonds is 4. The van der Waals surface area contributed by atoms with E-state index in [-0.39, 0.29) is 19.1 Å². The minimum absolute atomic E-state index is 0.213. The van der Waals surface area contributed by atoms with Crippen molar-refractivity contribution in [3.8, 4) is 22.4 Å². The van der Waals surface area contributed by atoms with Crippen LogP contribution in [-0.4, -0.2) is 48.9 Å². The number of nitrogens with one attached hydrogen (secondary N) is 1. The molecule has 1 aliphatic heterocycles. The molecule has 0 unspecified atom stereocenters. The quantitative estimate of drug-likeness (QED) is 0.365. The van der Waals surface area contributed by atoms with Gasteiger partial charge >= 0.3 is 6.18 Å². The first-order valence-corrected chi connectivity index (χ1v) is 9.91. The van der Waals surface area contributed by atoms with Crippen LogP contribution < -0.4 is 0 Å². The smallest absolute Gasteiger partial charge is 0.332 e. The molecular formula is C22H16F4N6O. The van der Waals surface area contributed by atoms with E-state index >= 15 is 0 Å². The number of H-pyrrole nitrogens is 1. The number of carbonyl (C=O) groups is 1. The van der Waals surface area contributed by atoms with Gasteiger partial charge in [-0.1, -0.05) is 18.7 Å². The highest BCUT2D eigenvalue weighted by Crippen LogP contribution is 2.37. The van der Waals surface area contributed by atoms with Gasteiger partial charge in [0.05, 0.1) is 23.3 Å². The molecule has 11 heteroatoms. The van der Waals surface area contributed by atoms with E-state index in [1.165, 1.54) is 17.0 Å². The molecule has 1 N–H and O–H groups in total. The van der Waals surface area contributed by atoms with Gasteiger partial charge in [0.1, 0.15) is 11.2 Å². The van der Waals surface area contributed by atoms with Crippen LogP contribution in [0.15, 0.2) is 61.3 Å². The number of nitrogens with zero attached hydrogens (tertiary/aromatic N) is 5. The molecule has 0 spiro atoms. The summed E-state index contributed by atoms with van der Waals surface area (Å²) in [5.41, 5.74) is 2.78. The van der Waals surface area contributed by atoms with Crippen molar-refractivity contribution in [1.29, 1.82) is 0 Å². The third-order valence-corrected chi connectivity index (χ3v) is 5.61. The van der Waals surface area contributed by atoms with Crippen LogP contribution >= 0.6 is 0 Å². The zero-order valence-corrected chi connectivity index (χ0v) is 17.0. The van der Waals surface area contributed by atoms with Gasteiger partial charge in [0.25, 0.3) is 5.91 Å². The number of amides is 1.